The summed E-state index contributed by atoms with van der Waals surface area (Å²) in [6.07, 6.45) is 3.55. The van der Waals surface area contributed by atoms with Gasteiger partial charge < -0.3 is 14.4 Å². The lowest BCUT2D eigenvalue weighted by molar-refractivity contribution is 0.277. The van der Waals surface area contributed by atoms with Crippen LogP contribution in [0.15, 0.2) is 42.5 Å². The number of likely N-dealkylation sites (N-methyl/N-ethyl adjacent to an activating group) is 1. The first-order valence-electron chi connectivity index (χ1n) is 11.2. The van der Waals surface area contributed by atoms with Crippen molar-refractivity contribution in [3.63, 3.8) is 0 Å². The zero-order chi connectivity index (χ0) is 22.3. The van der Waals surface area contributed by atoms with E-state index < -0.39 is 0 Å². The summed E-state index contributed by atoms with van der Waals surface area (Å²) in [4.78, 5) is 2.47. The molecule has 0 saturated carbocycles. The highest BCUT2D eigenvalue weighted by Gasteiger charge is 2.37. The Hall–Kier alpha value is -1.01. The molecule has 0 aliphatic carbocycles. The van der Waals surface area contributed by atoms with E-state index in [2.05, 4.69) is 85.7 Å². The summed E-state index contributed by atoms with van der Waals surface area (Å²) in [5.74, 6) is 4.76. The Bertz CT molecular complexity index is 825. The first-order chi connectivity index (χ1) is 15.0. The smallest absolute Gasteiger partial charge is 0.160 e. The monoisotopic (exact) mass is 495 g/mol. The topological polar surface area (TPSA) is 21.7 Å². The molecule has 2 aromatic rings. The van der Waals surface area contributed by atoms with Gasteiger partial charge in [0, 0.05) is 13.1 Å². The average Bonchev–Trinajstić information content (AvgIpc) is 2.78. The Labute approximate surface area is 209 Å². The number of aryl methyl sites for hydroxylation is 1. The van der Waals surface area contributed by atoms with Gasteiger partial charge in [0.2, 0.25) is 0 Å². The zero-order valence-electron chi connectivity index (χ0n) is 20.1. The molecule has 1 unspecified atom stereocenters. The Morgan fingerprint density at radius 1 is 1.00 bits per heavy atom. The van der Waals surface area contributed by atoms with Crippen LogP contribution in [0.25, 0.3) is 0 Å². The van der Waals surface area contributed by atoms with Gasteiger partial charge in [0.1, 0.15) is 0 Å². The van der Waals surface area contributed by atoms with Gasteiger partial charge in [-0.2, -0.15) is 0 Å². The molecule has 0 N–H and O–H groups in total. The highest BCUT2D eigenvalue weighted by Crippen LogP contribution is 2.54. The summed E-state index contributed by atoms with van der Waals surface area (Å²) in [7, 11) is 5.62. The zero-order valence-corrected chi connectivity index (χ0v) is 22.5. The molecule has 0 amide bonds. The van der Waals surface area contributed by atoms with Crippen LogP contribution in [-0.4, -0.2) is 50.8 Å². The lowest BCUT2D eigenvalue weighted by atomic mass is 9.98. The Balaban J connectivity index is 0.00000363. The van der Waals surface area contributed by atoms with Gasteiger partial charge in [0.05, 0.1) is 18.3 Å². The lowest BCUT2D eigenvalue weighted by Gasteiger charge is -2.39. The normalized spacial score (nSPS) is 16.3. The van der Waals surface area contributed by atoms with Crippen LogP contribution in [-0.2, 0) is 10.5 Å². The number of hydrogen-bond donors (Lipinski definition) is 0. The van der Waals surface area contributed by atoms with Crippen LogP contribution in [0.1, 0.15) is 36.5 Å². The second-order valence-electron chi connectivity index (χ2n) is 8.68. The molecule has 178 valence electrons. The summed E-state index contributed by atoms with van der Waals surface area (Å²) in [6, 6.07) is 15.5. The second-order valence-corrected chi connectivity index (χ2v) is 11.7. The molecule has 3 rings (SSSR count). The quantitative estimate of drug-likeness (QED) is 0.366. The number of rotatable bonds is 10. The molecule has 1 heterocycles. The van der Waals surface area contributed by atoms with Gasteiger partial charge in [-0.1, -0.05) is 42.8 Å². The van der Waals surface area contributed by atoms with Gasteiger partial charge in [-0.15, -0.1) is 35.9 Å². The van der Waals surface area contributed by atoms with Gasteiger partial charge >= 0.3 is 0 Å². The molecule has 32 heavy (non-hydrogen) atoms. The summed E-state index contributed by atoms with van der Waals surface area (Å²) in [6.45, 7) is 6.74. The van der Waals surface area contributed by atoms with Crippen LogP contribution in [0.5, 0.6) is 11.5 Å². The molecule has 6 heteroatoms. The highest BCUT2D eigenvalue weighted by molar-refractivity contribution is 8.18. The fraction of sp³-hybridized carbons (Fsp3) is 0.538. The van der Waals surface area contributed by atoms with Crippen molar-refractivity contribution < 1.29 is 9.47 Å². The van der Waals surface area contributed by atoms with Gasteiger partial charge in [-0.25, -0.2) is 0 Å². The maximum absolute atomic E-state index is 5.45. The SMILES string of the molecule is COc1ccc(CCN(C)CC(C)CC2(c3ccc(C)cc3)SCCCS2)cc1OC.Cl. The van der Waals surface area contributed by atoms with Crippen LogP contribution in [0.2, 0.25) is 0 Å². The summed E-state index contributed by atoms with van der Waals surface area (Å²) in [5.41, 5.74) is 4.12. The molecular weight excluding hydrogens is 458 g/mol. The van der Waals surface area contributed by atoms with Crippen molar-refractivity contribution in [1.29, 1.82) is 0 Å². The molecule has 0 bridgehead atoms. The van der Waals surface area contributed by atoms with Crippen molar-refractivity contribution in [1.82, 2.24) is 4.90 Å². The Kier molecular flexibility index (Phi) is 11.1. The van der Waals surface area contributed by atoms with Crippen molar-refractivity contribution in [2.75, 3.05) is 45.9 Å². The van der Waals surface area contributed by atoms with Crippen LogP contribution >= 0.6 is 35.9 Å². The van der Waals surface area contributed by atoms with Crippen molar-refractivity contribution in [2.24, 2.45) is 5.92 Å². The van der Waals surface area contributed by atoms with E-state index in [1.165, 1.54) is 41.0 Å². The standard InChI is InChI=1S/C26H37NO2S2.ClH/c1-20-7-10-23(11-8-20)26(30-15-6-16-31-26)18-21(2)19-27(3)14-13-22-9-12-24(28-4)25(17-22)29-5;/h7-12,17,21H,6,13-16,18-19H2,1-5H3;1H. The van der Waals surface area contributed by atoms with Crippen molar-refractivity contribution in [3.8, 4) is 11.5 Å². The van der Waals surface area contributed by atoms with Crippen LogP contribution < -0.4 is 9.47 Å². The fourth-order valence-corrected chi connectivity index (χ4v) is 7.95. The summed E-state index contributed by atoms with van der Waals surface area (Å²) in [5, 5.41) is 0. The van der Waals surface area contributed by atoms with E-state index in [4.69, 9.17) is 9.47 Å². The Morgan fingerprint density at radius 3 is 2.28 bits per heavy atom. The number of methoxy groups -OCH3 is 2. The third kappa shape index (κ3) is 7.24. The summed E-state index contributed by atoms with van der Waals surface area (Å²) < 4.78 is 11.0. The van der Waals surface area contributed by atoms with E-state index in [1.807, 2.05) is 6.07 Å². The van der Waals surface area contributed by atoms with E-state index in [-0.39, 0.29) is 16.5 Å². The van der Waals surface area contributed by atoms with Crippen LogP contribution in [0, 0.1) is 12.8 Å². The predicted molar refractivity (Wildman–Crippen MR) is 144 cm³/mol. The van der Waals surface area contributed by atoms with E-state index in [0.717, 1.165) is 31.0 Å². The fourth-order valence-electron chi connectivity index (χ4n) is 4.29. The van der Waals surface area contributed by atoms with Gasteiger partial charge in [0.25, 0.3) is 0 Å². The molecule has 0 spiro atoms. The number of benzene rings is 2. The highest BCUT2D eigenvalue weighted by atomic mass is 35.5. The molecular formula is C26H38ClNO2S2. The molecule has 1 saturated heterocycles. The molecule has 1 aliphatic heterocycles. The number of thioether (sulfide) groups is 2. The maximum atomic E-state index is 5.45. The van der Waals surface area contributed by atoms with E-state index in [0.29, 0.717) is 5.92 Å². The maximum Gasteiger partial charge on any atom is 0.160 e. The minimum absolute atomic E-state index is 0. The average molecular weight is 496 g/mol. The van der Waals surface area contributed by atoms with Crippen molar-refractivity contribution in [2.45, 2.75) is 37.2 Å². The first kappa shape index (κ1) is 27.2. The molecule has 1 fully saturated rings. The van der Waals surface area contributed by atoms with E-state index in [1.54, 1.807) is 14.2 Å². The molecule has 0 radical (unpaired) electrons. The number of ether oxygens (including phenoxy) is 2. The molecule has 3 nitrogen and oxygen atoms in total. The minimum atomic E-state index is 0. The molecule has 0 aromatic heterocycles. The third-order valence-electron chi connectivity index (χ3n) is 5.92. The van der Waals surface area contributed by atoms with E-state index in [9.17, 15) is 0 Å². The molecule has 1 atom stereocenters. The van der Waals surface area contributed by atoms with Gasteiger partial charge in [-0.05, 0) is 73.9 Å². The minimum Gasteiger partial charge on any atom is -0.493 e. The van der Waals surface area contributed by atoms with Crippen molar-refractivity contribution >= 4 is 35.9 Å². The van der Waals surface area contributed by atoms with Gasteiger partial charge in [0.15, 0.2) is 11.5 Å². The molecule has 2 aromatic carbocycles. The van der Waals surface area contributed by atoms with Crippen molar-refractivity contribution in [3.05, 3.63) is 59.2 Å². The lowest BCUT2D eigenvalue weighted by Crippen LogP contribution is -2.32. The van der Waals surface area contributed by atoms with Crippen LogP contribution in [0.4, 0.5) is 0 Å². The third-order valence-corrected chi connectivity index (χ3v) is 9.35. The summed E-state index contributed by atoms with van der Waals surface area (Å²) >= 11 is 4.32. The Morgan fingerprint density at radius 2 is 1.66 bits per heavy atom. The number of halogens is 1. The molecule has 1 aliphatic rings. The number of hydrogen-bond acceptors (Lipinski definition) is 5. The van der Waals surface area contributed by atoms with E-state index >= 15 is 0 Å². The first-order valence-corrected chi connectivity index (χ1v) is 13.2. The predicted octanol–water partition coefficient (Wildman–Crippen LogP) is 6.66. The van der Waals surface area contributed by atoms with Crippen LogP contribution in [0.3, 0.4) is 0 Å². The largest absolute Gasteiger partial charge is 0.493 e. The second kappa shape index (κ2) is 13.0. The van der Waals surface area contributed by atoms with Gasteiger partial charge in [-0.3, -0.25) is 0 Å². The number of nitrogens with zero attached hydrogens (tertiary/aromatic N) is 1.